The van der Waals surface area contributed by atoms with Crippen molar-refractivity contribution in [2.45, 2.75) is 82.8 Å². The molecular formula is C26H35NO3. The topological polar surface area (TPSA) is 38.8 Å². The fraction of sp³-hybridized carbons (Fsp3) is 0.654. The van der Waals surface area contributed by atoms with Crippen molar-refractivity contribution in [3.63, 3.8) is 0 Å². The molecule has 5 rings (SSSR count). The van der Waals surface area contributed by atoms with Gasteiger partial charge < -0.3 is 14.4 Å². The molecule has 1 aromatic rings. The van der Waals surface area contributed by atoms with Gasteiger partial charge in [-0.1, -0.05) is 18.6 Å². The summed E-state index contributed by atoms with van der Waals surface area (Å²) < 4.78 is 11.8. The minimum absolute atomic E-state index is 0.0281. The zero-order valence-corrected chi connectivity index (χ0v) is 18.3. The smallest absolute Gasteiger partial charge is 0.309 e. The van der Waals surface area contributed by atoms with Gasteiger partial charge in [0, 0.05) is 19.1 Å². The van der Waals surface area contributed by atoms with Gasteiger partial charge in [0.2, 0.25) is 0 Å². The molecule has 1 aromatic carbocycles. The lowest BCUT2D eigenvalue weighted by atomic mass is 9.80. The zero-order chi connectivity index (χ0) is 20.6. The first-order valence-corrected chi connectivity index (χ1v) is 12.1. The Balaban J connectivity index is 1.23. The van der Waals surface area contributed by atoms with E-state index in [0.29, 0.717) is 6.61 Å². The maximum Gasteiger partial charge on any atom is 0.309 e. The van der Waals surface area contributed by atoms with Crippen molar-refractivity contribution in [2.75, 3.05) is 19.7 Å². The molecule has 1 atom stereocenters. The van der Waals surface area contributed by atoms with E-state index in [0.717, 1.165) is 43.9 Å². The number of likely N-dealkylation sites (tertiary alicyclic amines) is 1. The lowest BCUT2D eigenvalue weighted by Gasteiger charge is -2.48. The Morgan fingerprint density at radius 1 is 1.17 bits per heavy atom. The third-order valence-corrected chi connectivity index (χ3v) is 7.94. The van der Waals surface area contributed by atoms with Crippen molar-refractivity contribution >= 4 is 11.5 Å². The van der Waals surface area contributed by atoms with Gasteiger partial charge >= 0.3 is 5.97 Å². The number of carbonyl (C=O) groups is 1. The van der Waals surface area contributed by atoms with Crippen molar-refractivity contribution in [3.8, 4) is 5.75 Å². The number of ether oxygens (including phenoxy) is 2. The number of benzene rings is 1. The second-order valence-electron chi connectivity index (χ2n) is 9.68. The second-order valence-corrected chi connectivity index (χ2v) is 9.68. The van der Waals surface area contributed by atoms with E-state index in [1.165, 1.54) is 61.9 Å². The molecule has 2 aliphatic carbocycles. The monoisotopic (exact) mass is 409 g/mol. The molecule has 162 valence electrons. The Bertz CT molecular complexity index is 818. The maximum absolute atomic E-state index is 12.0. The first-order chi connectivity index (χ1) is 14.7. The van der Waals surface area contributed by atoms with E-state index < -0.39 is 0 Å². The van der Waals surface area contributed by atoms with E-state index in [1.807, 2.05) is 6.92 Å². The SMILES string of the molecule is CCOC(=O)C1CC=C(c2ccc3c(c2)CCC2(CCN(C4CCC4)CC2)O3)CC1. The Labute approximate surface area is 180 Å². The summed E-state index contributed by atoms with van der Waals surface area (Å²) in [5.74, 6) is 1.09. The summed E-state index contributed by atoms with van der Waals surface area (Å²) >= 11 is 0. The highest BCUT2D eigenvalue weighted by Crippen LogP contribution is 2.42. The third kappa shape index (κ3) is 3.91. The van der Waals surface area contributed by atoms with Gasteiger partial charge in [-0.25, -0.2) is 0 Å². The van der Waals surface area contributed by atoms with Crippen LogP contribution in [0.4, 0.5) is 0 Å². The molecule has 2 aliphatic heterocycles. The molecule has 4 heteroatoms. The van der Waals surface area contributed by atoms with Gasteiger partial charge in [-0.2, -0.15) is 0 Å². The van der Waals surface area contributed by atoms with Crippen LogP contribution in [0.25, 0.3) is 5.57 Å². The summed E-state index contributed by atoms with van der Waals surface area (Å²) in [5, 5.41) is 0. The molecule has 0 aromatic heterocycles. The van der Waals surface area contributed by atoms with Crippen LogP contribution < -0.4 is 4.74 Å². The van der Waals surface area contributed by atoms with E-state index in [2.05, 4.69) is 29.2 Å². The minimum atomic E-state index is -0.0414. The number of esters is 1. The maximum atomic E-state index is 12.0. The lowest BCUT2D eigenvalue weighted by molar-refractivity contribution is -0.148. The van der Waals surface area contributed by atoms with Gasteiger partial charge in [0.05, 0.1) is 12.5 Å². The van der Waals surface area contributed by atoms with Crippen LogP contribution in [0.3, 0.4) is 0 Å². The summed E-state index contributed by atoms with van der Waals surface area (Å²) in [4.78, 5) is 14.7. The van der Waals surface area contributed by atoms with Crippen molar-refractivity contribution in [1.29, 1.82) is 0 Å². The molecule has 0 radical (unpaired) electrons. The Hall–Kier alpha value is -1.81. The number of fused-ring (bicyclic) bond motifs is 1. The van der Waals surface area contributed by atoms with E-state index in [1.54, 1.807) is 0 Å². The Morgan fingerprint density at radius 2 is 2.00 bits per heavy atom. The van der Waals surface area contributed by atoms with Gasteiger partial charge in [0.25, 0.3) is 0 Å². The molecule has 0 amide bonds. The number of hydrogen-bond donors (Lipinski definition) is 0. The first-order valence-electron chi connectivity index (χ1n) is 12.1. The fourth-order valence-corrected chi connectivity index (χ4v) is 5.69. The number of nitrogens with zero attached hydrogens (tertiary/aromatic N) is 1. The van der Waals surface area contributed by atoms with Crippen molar-refractivity contribution in [3.05, 3.63) is 35.4 Å². The van der Waals surface area contributed by atoms with Crippen LogP contribution in [-0.4, -0.2) is 42.2 Å². The molecule has 30 heavy (non-hydrogen) atoms. The van der Waals surface area contributed by atoms with Crippen LogP contribution in [0.2, 0.25) is 0 Å². The molecule has 2 heterocycles. The number of carbonyl (C=O) groups excluding carboxylic acids is 1. The molecule has 1 saturated carbocycles. The van der Waals surface area contributed by atoms with Crippen LogP contribution in [0, 0.1) is 5.92 Å². The van der Waals surface area contributed by atoms with Crippen LogP contribution in [0.1, 0.15) is 75.8 Å². The third-order valence-electron chi connectivity index (χ3n) is 7.94. The molecule has 4 aliphatic rings. The van der Waals surface area contributed by atoms with Crippen LogP contribution >= 0.6 is 0 Å². The van der Waals surface area contributed by atoms with Gasteiger partial charge in [-0.05, 0) is 93.5 Å². The van der Waals surface area contributed by atoms with E-state index in [4.69, 9.17) is 9.47 Å². The second kappa shape index (κ2) is 8.37. The normalized spacial score (nSPS) is 26.3. The molecule has 1 unspecified atom stereocenters. The van der Waals surface area contributed by atoms with Crippen molar-refractivity contribution in [1.82, 2.24) is 4.90 Å². The first kappa shape index (κ1) is 20.1. The largest absolute Gasteiger partial charge is 0.487 e. The van der Waals surface area contributed by atoms with E-state index >= 15 is 0 Å². The van der Waals surface area contributed by atoms with E-state index in [9.17, 15) is 4.79 Å². The average Bonchev–Trinajstić information content (AvgIpc) is 2.74. The van der Waals surface area contributed by atoms with Crippen LogP contribution in [0.5, 0.6) is 5.75 Å². The molecular weight excluding hydrogens is 374 g/mol. The number of piperidine rings is 1. The highest BCUT2D eigenvalue weighted by atomic mass is 16.5. The van der Waals surface area contributed by atoms with Crippen molar-refractivity contribution < 1.29 is 14.3 Å². The number of hydrogen-bond acceptors (Lipinski definition) is 4. The summed E-state index contributed by atoms with van der Waals surface area (Å²) in [6, 6.07) is 7.61. The quantitative estimate of drug-likeness (QED) is 0.645. The highest BCUT2D eigenvalue weighted by Gasteiger charge is 2.41. The molecule has 0 N–H and O–H groups in total. The summed E-state index contributed by atoms with van der Waals surface area (Å²) in [6.07, 6.45) is 13.7. The van der Waals surface area contributed by atoms with Gasteiger partial charge in [-0.3, -0.25) is 4.79 Å². The summed E-state index contributed by atoms with van der Waals surface area (Å²) in [7, 11) is 0. The molecule has 1 spiro atoms. The van der Waals surface area contributed by atoms with E-state index in [-0.39, 0.29) is 17.5 Å². The van der Waals surface area contributed by atoms with Gasteiger partial charge in [0.1, 0.15) is 11.4 Å². The number of aryl methyl sites for hydroxylation is 1. The lowest BCUT2D eigenvalue weighted by Crippen LogP contribution is -2.53. The molecule has 2 fully saturated rings. The average molecular weight is 410 g/mol. The summed E-state index contributed by atoms with van der Waals surface area (Å²) in [5.41, 5.74) is 4.09. The Kier molecular flexibility index (Phi) is 5.61. The van der Waals surface area contributed by atoms with Gasteiger partial charge in [-0.15, -0.1) is 0 Å². The number of allylic oxidation sites excluding steroid dienone is 2. The Morgan fingerprint density at radius 3 is 2.67 bits per heavy atom. The standard InChI is InChI=1S/C26H35NO3/c1-2-29-25(28)20-8-6-19(7-9-20)21-10-11-24-22(18-21)12-13-26(30-24)14-16-27(17-15-26)23-4-3-5-23/h6,10-11,18,20,23H,2-5,7-9,12-17H2,1H3. The minimum Gasteiger partial charge on any atom is -0.487 e. The fourth-order valence-electron chi connectivity index (χ4n) is 5.69. The molecule has 4 nitrogen and oxygen atoms in total. The zero-order valence-electron chi connectivity index (χ0n) is 18.3. The predicted molar refractivity (Wildman–Crippen MR) is 119 cm³/mol. The summed E-state index contributed by atoms with van der Waals surface area (Å²) in [6.45, 7) is 4.75. The number of rotatable bonds is 4. The van der Waals surface area contributed by atoms with Crippen LogP contribution in [-0.2, 0) is 16.0 Å². The highest BCUT2D eigenvalue weighted by molar-refractivity contribution is 5.76. The molecule has 0 bridgehead atoms. The van der Waals surface area contributed by atoms with Crippen molar-refractivity contribution in [2.24, 2.45) is 5.92 Å². The van der Waals surface area contributed by atoms with Gasteiger partial charge in [0.15, 0.2) is 0 Å². The predicted octanol–water partition coefficient (Wildman–Crippen LogP) is 5.15. The van der Waals surface area contributed by atoms with Crippen LogP contribution in [0.15, 0.2) is 24.3 Å². The molecule has 1 saturated heterocycles.